The van der Waals surface area contributed by atoms with Crippen LogP contribution in [0.1, 0.15) is 40.7 Å². The lowest BCUT2D eigenvalue weighted by molar-refractivity contribution is -0.385. The third kappa shape index (κ3) is 4.32. The van der Waals surface area contributed by atoms with Gasteiger partial charge < -0.3 is 14.8 Å². The molecule has 0 unspecified atom stereocenters. The minimum Gasteiger partial charge on any atom is -0.454 e. The topological polar surface area (TPSA) is 93.9 Å². The quantitative estimate of drug-likeness (QED) is 0.594. The summed E-state index contributed by atoms with van der Waals surface area (Å²) in [5.41, 5.74) is 1.84. The summed E-state index contributed by atoms with van der Waals surface area (Å²) < 4.78 is 10.4. The van der Waals surface area contributed by atoms with E-state index in [9.17, 15) is 14.9 Å². The van der Waals surface area contributed by atoms with E-state index in [-0.39, 0.29) is 23.8 Å². The van der Waals surface area contributed by atoms with Gasteiger partial charge in [-0.15, -0.1) is 0 Å². The van der Waals surface area contributed by atoms with Crippen LogP contribution in [0.5, 0.6) is 11.5 Å². The van der Waals surface area contributed by atoms with Gasteiger partial charge >= 0.3 is 0 Å². The standard InChI is InChI=1S/C21H23N3O5/c25-21(17-10-19-20(29-14-28-19)11-18(17)24(26)27)22-12-15-6-2-3-7-16(15)13-23-8-4-1-5-9-23/h2-3,6-7,10-11H,1,4-5,8-9,12-14H2,(H,22,25). The SMILES string of the molecule is O=C(NCc1ccccc1CN1CCCCC1)c1cc2c(cc1[N+](=O)[O-])OCO2. The number of hydrogen-bond acceptors (Lipinski definition) is 6. The number of rotatable bonds is 6. The van der Waals surface area contributed by atoms with Crippen LogP contribution in [0.25, 0.3) is 0 Å². The number of nitrogens with one attached hydrogen (secondary N) is 1. The molecule has 0 atom stereocenters. The van der Waals surface area contributed by atoms with Gasteiger partial charge in [-0.05, 0) is 37.1 Å². The summed E-state index contributed by atoms with van der Waals surface area (Å²) in [4.78, 5) is 26.0. The fourth-order valence-corrected chi connectivity index (χ4v) is 3.78. The van der Waals surface area contributed by atoms with Gasteiger partial charge in [0, 0.05) is 19.2 Å². The highest BCUT2D eigenvalue weighted by Gasteiger charge is 2.27. The lowest BCUT2D eigenvalue weighted by Crippen LogP contribution is -2.30. The van der Waals surface area contributed by atoms with Crippen molar-refractivity contribution in [2.24, 2.45) is 0 Å². The highest BCUT2D eigenvalue weighted by atomic mass is 16.7. The minimum atomic E-state index is -0.582. The lowest BCUT2D eigenvalue weighted by atomic mass is 10.0. The second kappa shape index (κ2) is 8.48. The molecule has 0 saturated carbocycles. The summed E-state index contributed by atoms with van der Waals surface area (Å²) >= 11 is 0. The Hall–Kier alpha value is -3.13. The van der Waals surface area contributed by atoms with Crippen LogP contribution in [-0.4, -0.2) is 35.6 Å². The molecule has 8 nitrogen and oxygen atoms in total. The zero-order valence-electron chi connectivity index (χ0n) is 16.1. The van der Waals surface area contributed by atoms with Gasteiger partial charge in [-0.3, -0.25) is 19.8 Å². The van der Waals surface area contributed by atoms with Gasteiger partial charge in [-0.2, -0.15) is 0 Å². The summed E-state index contributed by atoms with van der Waals surface area (Å²) in [7, 11) is 0. The number of piperidine rings is 1. The van der Waals surface area contributed by atoms with Crippen LogP contribution in [0.3, 0.4) is 0 Å². The Kier molecular flexibility index (Phi) is 5.62. The van der Waals surface area contributed by atoms with E-state index in [2.05, 4.69) is 16.3 Å². The molecule has 29 heavy (non-hydrogen) atoms. The van der Waals surface area contributed by atoms with Gasteiger partial charge in [0.1, 0.15) is 5.56 Å². The highest BCUT2D eigenvalue weighted by molar-refractivity contribution is 5.99. The fraction of sp³-hybridized carbons (Fsp3) is 0.381. The number of ether oxygens (including phenoxy) is 2. The maximum atomic E-state index is 12.7. The molecular weight excluding hydrogens is 374 g/mol. The fourth-order valence-electron chi connectivity index (χ4n) is 3.78. The first-order valence-corrected chi connectivity index (χ1v) is 9.77. The number of likely N-dealkylation sites (tertiary alicyclic amines) is 1. The summed E-state index contributed by atoms with van der Waals surface area (Å²) in [6, 6.07) is 10.6. The number of carbonyl (C=O) groups is 1. The molecule has 4 rings (SSSR count). The molecule has 1 amide bonds. The van der Waals surface area contributed by atoms with Crippen LogP contribution in [0, 0.1) is 10.1 Å². The first-order chi connectivity index (χ1) is 14.1. The number of benzene rings is 2. The number of fused-ring (bicyclic) bond motifs is 1. The average molecular weight is 397 g/mol. The molecule has 0 aliphatic carbocycles. The monoisotopic (exact) mass is 397 g/mol. The Labute approximate surface area is 168 Å². The Bertz CT molecular complexity index is 925. The van der Waals surface area contributed by atoms with E-state index in [0.29, 0.717) is 12.3 Å². The maximum absolute atomic E-state index is 12.7. The summed E-state index contributed by atoms with van der Waals surface area (Å²) in [6.07, 6.45) is 3.71. The molecule has 2 aliphatic rings. The zero-order valence-corrected chi connectivity index (χ0v) is 16.1. The lowest BCUT2D eigenvalue weighted by Gasteiger charge is -2.27. The Morgan fingerprint density at radius 3 is 2.48 bits per heavy atom. The van der Waals surface area contributed by atoms with Crippen LogP contribution >= 0.6 is 0 Å². The molecule has 1 saturated heterocycles. The van der Waals surface area contributed by atoms with Crippen molar-refractivity contribution in [1.29, 1.82) is 0 Å². The Balaban J connectivity index is 1.48. The summed E-state index contributed by atoms with van der Waals surface area (Å²) in [5.74, 6) is 0.106. The van der Waals surface area contributed by atoms with Gasteiger partial charge in [0.05, 0.1) is 11.0 Å². The van der Waals surface area contributed by atoms with Crippen molar-refractivity contribution in [3.63, 3.8) is 0 Å². The number of nitro groups is 1. The molecule has 1 N–H and O–H groups in total. The third-order valence-corrected chi connectivity index (χ3v) is 5.33. The van der Waals surface area contributed by atoms with Crippen LogP contribution < -0.4 is 14.8 Å². The first-order valence-electron chi connectivity index (χ1n) is 9.77. The highest BCUT2D eigenvalue weighted by Crippen LogP contribution is 2.37. The Morgan fingerprint density at radius 2 is 1.76 bits per heavy atom. The van der Waals surface area contributed by atoms with E-state index in [4.69, 9.17) is 9.47 Å². The number of nitrogens with zero attached hydrogens (tertiary/aromatic N) is 2. The van der Waals surface area contributed by atoms with Gasteiger partial charge in [0.15, 0.2) is 11.5 Å². The molecule has 2 aliphatic heterocycles. The molecule has 2 aromatic carbocycles. The first kappa shape index (κ1) is 19.2. The molecule has 0 radical (unpaired) electrons. The van der Waals surface area contributed by atoms with Crippen molar-refractivity contribution in [2.45, 2.75) is 32.4 Å². The van der Waals surface area contributed by atoms with Crippen molar-refractivity contribution in [3.05, 3.63) is 63.2 Å². The second-order valence-electron chi connectivity index (χ2n) is 7.27. The normalized spacial score (nSPS) is 15.9. The summed E-state index contributed by atoms with van der Waals surface area (Å²) in [5, 5.41) is 14.2. The molecular formula is C21H23N3O5. The van der Waals surface area contributed by atoms with E-state index < -0.39 is 10.8 Å². The molecule has 0 bridgehead atoms. The summed E-state index contributed by atoms with van der Waals surface area (Å²) in [6.45, 7) is 3.31. The van der Waals surface area contributed by atoms with E-state index in [0.717, 1.165) is 30.8 Å². The molecule has 1 fully saturated rings. The molecule has 0 spiro atoms. The predicted molar refractivity (Wildman–Crippen MR) is 106 cm³/mol. The van der Waals surface area contributed by atoms with Crippen LogP contribution in [-0.2, 0) is 13.1 Å². The molecule has 8 heteroatoms. The van der Waals surface area contributed by atoms with E-state index in [1.165, 1.54) is 31.4 Å². The number of nitro benzene ring substituents is 1. The smallest absolute Gasteiger partial charge is 0.286 e. The van der Waals surface area contributed by atoms with Crippen molar-refractivity contribution in [1.82, 2.24) is 10.2 Å². The predicted octanol–water partition coefficient (Wildman–Crippen LogP) is 3.24. The zero-order chi connectivity index (χ0) is 20.2. The van der Waals surface area contributed by atoms with E-state index in [1.807, 2.05) is 18.2 Å². The largest absolute Gasteiger partial charge is 0.454 e. The van der Waals surface area contributed by atoms with Crippen molar-refractivity contribution in [3.8, 4) is 11.5 Å². The van der Waals surface area contributed by atoms with Crippen LogP contribution in [0.15, 0.2) is 36.4 Å². The van der Waals surface area contributed by atoms with Crippen molar-refractivity contribution in [2.75, 3.05) is 19.9 Å². The second-order valence-corrected chi connectivity index (χ2v) is 7.27. The minimum absolute atomic E-state index is 0.0125. The van der Waals surface area contributed by atoms with E-state index >= 15 is 0 Å². The van der Waals surface area contributed by atoms with E-state index in [1.54, 1.807) is 0 Å². The molecule has 152 valence electrons. The molecule has 2 heterocycles. The number of hydrogen-bond donors (Lipinski definition) is 1. The van der Waals surface area contributed by atoms with Crippen molar-refractivity contribution < 1.29 is 19.2 Å². The van der Waals surface area contributed by atoms with Gasteiger partial charge in [-0.1, -0.05) is 30.7 Å². The van der Waals surface area contributed by atoms with Gasteiger partial charge in [-0.25, -0.2) is 0 Å². The number of amides is 1. The third-order valence-electron chi connectivity index (χ3n) is 5.33. The maximum Gasteiger partial charge on any atom is 0.286 e. The van der Waals surface area contributed by atoms with Gasteiger partial charge in [0.25, 0.3) is 11.6 Å². The average Bonchev–Trinajstić information content (AvgIpc) is 3.20. The Morgan fingerprint density at radius 1 is 1.07 bits per heavy atom. The molecule has 0 aromatic heterocycles. The van der Waals surface area contributed by atoms with Crippen LogP contribution in [0.2, 0.25) is 0 Å². The van der Waals surface area contributed by atoms with Gasteiger partial charge in [0.2, 0.25) is 6.79 Å². The van der Waals surface area contributed by atoms with Crippen molar-refractivity contribution >= 4 is 11.6 Å². The molecule has 2 aromatic rings. The van der Waals surface area contributed by atoms with Crippen LogP contribution in [0.4, 0.5) is 5.69 Å². The number of carbonyl (C=O) groups excluding carboxylic acids is 1.